The van der Waals surface area contributed by atoms with Gasteiger partial charge in [-0.25, -0.2) is 9.97 Å². The molecule has 0 spiro atoms. The van der Waals surface area contributed by atoms with Gasteiger partial charge >= 0.3 is 0 Å². The number of hydrogen-bond donors (Lipinski definition) is 0. The summed E-state index contributed by atoms with van der Waals surface area (Å²) in [5.41, 5.74) is 1.95. The van der Waals surface area contributed by atoms with E-state index in [0.717, 1.165) is 52.9 Å². The van der Waals surface area contributed by atoms with Gasteiger partial charge in [0.15, 0.2) is 0 Å². The van der Waals surface area contributed by atoms with Crippen molar-refractivity contribution >= 4 is 33.3 Å². The zero-order valence-corrected chi connectivity index (χ0v) is 19.8. The van der Waals surface area contributed by atoms with Crippen LogP contribution in [0.1, 0.15) is 16.3 Å². The number of morpholine rings is 1. The third-order valence-corrected chi connectivity index (χ3v) is 7.37. The zero-order chi connectivity index (χ0) is 22.1. The van der Waals surface area contributed by atoms with Crippen molar-refractivity contribution in [2.45, 2.75) is 30.6 Å². The van der Waals surface area contributed by atoms with E-state index in [1.165, 1.54) is 22.2 Å². The van der Waals surface area contributed by atoms with Crippen molar-refractivity contribution in [2.24, 2.45) is 0 Å². The first-order valence-electron chi connectivity index (χ1n) is 10.3. The molecular weight excluding hydrogens is 446 g/mol. The number of hydrogen-bond acceptors (Lipinski definition) is 10. The Morgan fingerprint density at radius 1 is 1.12 bits per heavy atom. The number of methoxy groups -OCH3 is 1. The maximum atomic E-state index is 5.98. The largest absolute Gasteiger partial charge is 0.496 e. The molecule has 0 atom stereocenters. The third kappa shape index (κ3) is 4.23. The van der Waals surface area contributed by atoms with Crippen LogP contribution in [0.2, 0.25) is 0 Å². The van der Waals surface area contributed by atoms with Crippen molar-refractivity contribution < 1.29 is 13.9 Å². The molecule has 1 fully saturated rings. The van der Waals surface area contributed by atoms with Crippen LogP contribution in [-0.4, -0.2) is 58.5 Å². The molecule has 1 saturated heterocycles. The van der Waals surface area contributed by atoms with Gasteiger partial charge < -0.3 is 13.9 Å². The van der Waals surface area contributed by atoms with Crippen LogP contribution >= 0.6 is 23.1 Å². The molecule has 0 radical (unpaired) electrons. The lowest BCUT2D eigenvalue weighted by Gasteiger charge is -2.25. The molecule has 0 N–H and O–H groups in total. The van der Waals surface area contributed by atoms with Crippen molar-refractivity contribution in [1.29, 1.82) is 0 Å². The first-order valence-corrected chi connectivity index (χ1v) is 12.0. The number of aromatic nitrogens is 4. The number of rotatable bonds is 6. The van der Waals surface area contributed by atoms with E-state index in [1.54, 1.807) is 18.4 Å². The van der Waals surface area contributed by atoms with E-state index >= 15 is 0 Å². The van der Waals surface area contributed by atoms with Gasteiger partial charge in [-0.2, -0.15) is 0 Å². The second kappa shape index (κ2) is 9.14. The quantitative estimate of drug-likeness (QED) is 0.383. The van der Waals surface area contributed by atoms with Crippen molar-refractivity contribution in [3.05, 3.63) is 40.5 Å². The van der Waals surface area contributed by atoms with Gasteiger partial charge in [0.2, 0.25) is 0 Å². The van der Waals surface area contributed by atoms with Crippen LogP contribution < -0.4 is 4.74 Å². The van der Waals surface area contributed by atoms with Gasteiger partial charge in [0.05, 0.1) is 32.4 Å². The highest BCUT2D eigenvalue weighted by atomic mass is 32.2. The molecule has 8 nitrogen and oxygen atoms in total. The molecular formula is C22H23N5O3S2. The van der Waals surface area contributed by atoms with Crippen LogP contribution in [0.5, 0.6) is 5.75 Å². The standard InChI is InChI=1S/C22H23N5O3S2/c1-13-14(2)31-20-18(13)21(24-17(23-20)12-27-8-10-29-11-9-27)32-22-26-25-19(30-22)15-6-4-5-7-16(15)28-3/h4-7H,8-12H2,1-3H3. The molecule has 10 heteroatoms. The summed E-state index contributed by atoms with van der Waals surface area (Å²) in [6, 6.07) is 7.59. The van der Waals surface area contributed by atoms with Crippen molar-refractivity contribution in [3.8, 4) is 17.2 Å². The Balaban J connectivity index is 1.48. The summed E-state index contributed by atoms with van der Waals surface area (Å²) < 4.78 is 16.9. The molecule has 0 saturated carbocycles. The molecule has 5 rings (SSSR count). The molecule has 0 unspecified atom stereocenters. The number of para-hydroxylation sites is 1. The summed E-state index contributed by atoms with van der Waals surface area (Å²) in [4.78, 5) is 14.3. The molecule has 1 aromatic carbocycles. The number of thiophene rings is 1. The Bertz CT molecular complexity index is 1250. The van der Waals surface area contributed by atoms with Crippen LogP contribution in [-0.2, 0) is 11.3 Å². The SMILES string of the molecule is COc1ccccc1-c1nnc(Sc2nc(CN3CCOCC3)nc3sc(C)c(C)c23)o1. The Labute approximate surface area is 194 Å². The van der Waals surface area contributed by atoms with Crippen LogP contribution in [0.15, 0.2) is 38.9 Å². The Morgan fingerprint density at radius 2 is 1.94 bits per heavy atom. The molecule has 3 aromatic heterocycles. The number of nitrogens with zero attached hydrogens (tertiary/aromatic N) is 5. The number of benzene rings is 1. The highest BCUT2D eigenvalue weighted by Gasteiger charge is 2.21. The molecule has 1 aliphatic rings. The molecule has 1 aliphatic heterocycles. The van der Waals surface area contributed by atoms with Crippen LogP contribution in [0.25, 0.3) is 21.7 Å². The molecule has 4 heterocycles. The lowest BCUT2D eigenvalue weighted by atomic mass is 10.2. The van der Waals surface area contributed by atoms with Gasteiger partial charge in [-0.1, -0.05) is 12.1 Å². The molecule has 4 aromatic rings. The van der Waals surface area contributed by atoms with E-state index in [2.05, 4.69) is 28.9 Å². The van der Waals surface area contributed by atoms with Gasteiger partial charge in [0.1, 0.15) is 21.4 Å². The van der Waals surface area contributed by atoms with Crippen molar-refractivity contribution in [2.75, 3.05) is 33.4 Å². The van der Waals surface area contributed by atoms with Gasteiger partial charge in [-0.05, 0) is 43.3 Å². The Kier molecular flexibility index (Phi) is 6.09. The van der Waals surface area contributed by atoms with Crippen molar-refractivity contribution in [3.63, 3.8) is 0 Å². The molecule has 0 aliphatic carbocycles. The molecule has 166 valence electrons. The topological polar surface area (TPSA) is 86.4 Å². The first kappa shape index (κ1) is 21.3. The van der Waals surface area contributed by atoms with Gasteiger partial charge in [0.25, 0.3) is 11.1 Å². The van der Waals surface area contributed by atoms with Gasteiger partial charge in [-0.3, -0.25) is 4.90 Å². The summed E-state index contributed by atoms with van der Waals surface area (Å²) in [6.07, 6.45) is 0. The molecule has 32 heavy (non-hydrogen) atoms. The van der Waals surface area contributed by atoms with E-state index in [9.17, 15) is 0 Å². The third-order valence-electron chi connectivity index (χ3n) is 5.44. The van der Waals surface area contributed by atoms with E-state index in [-0.39, 0.29) is 0 Å². The number of fused-ring (bicyclic) bond motifs is 1. The predicted octanol–water partition coefficient (Wildman–Crippen LogP) is 4.35. The fraction of sp³-hybridized carbons (Fsp3) is 0.364. The fourth-order valence-corrected chi connectivity index (χ4v) is 5.61. The minimum absolute atomic E-state index is 0.419. The highest BCUT2D eigenvalue weighted by molar-refractivity contribution is 7.99. The average Bonchev–Trinajstić information content (AvgIpc) is 3.38. The summed E-state index contributed by atoms with van der Waals surface area (Å²) in [7, 11) is 1.63. The minimum atomic E-state index is 0.419. The highest BCUT2D eigenvalue weighted by Crippen LogP contribution is 2.39. The summed E-state index contributed by atoms with van der Waals surface area (Å²) in [5, 5.41) is 10.8. The maximum absolute atomic E-state index is 5.98. The van der Waals surface area contributed by atoms with Crippen LogP contribution in [0, 0.1) is 13.8 Å². The normalized spacial score (nSPS) is 14.8. The molecule has 0 bridgehead atoms. The van der Waals surface area contributed by atoms with E-state index < -0.39 is 0 Å². The van der Waals surface area contributed by atoms with Crippen LogP contribution in [0.3, 0.4) is 0 Å². The van der Waals surface area contributed by atoms with E-state index in [0.29, 0.717) is 23.4 Å². The smallest absolute Gasteiger partial charge is 0.283 e. The minimum Gasteiger partial charge on any atom is -0.496 e. The lowest BCUT2D eigenvalue weighted by molar-refractivity contribution is 0.0330. The first-order chi connectivity index (χ1) is 15.6. The average molecular weight is 470 g/mol. The Morgan fingerprint density at radius 3 is 2.75 bits per heavy atom. The number of aryl methyl sites for hydroxylation is 2. The zero-order valence-electron chi connectivity index (χ0n) is 18.1. The lowest BCUT2D eigenvalue weighted by Crippen LogP contribution is -2.36. The molecule has 0 amide bonds. The monoisotopic (exact) mass is 469 g/mol. The Hall–Kier alpha value is -2.53. The summed E-state index contributed by atoms with van der Waals surface area (Å²) >= 11 is 3.08. The van der Waals surface area contributed by atoms with Crippen LogP contribution in [0.4, 0.5) is 0 Å². The fourth-order valence-electron chi connectivity index (χ4n) is 3.62. The summed E-state index contributed by atoms with van der Waals surface area (Å²) in [5.74, 6) is 1.91. The van der Waals surface area contributed by atoms with Gasteiger partial charge in [0, 0.05) is 23.4 Å². The van der Waals surface area contributed by atoms with Crippen molar-refractivity contribution in [1.82, 2.24) is 25.1 Å². The second-order valence-electron chi connectivity index (χ2n) is 7.47. The summed E-state index contributed by atoms with van der Waals surface area (Å²) in [6.45, 7) is 8.18. The maximum Gasteiger partial charge on any atom is 0.283 e. The van der Waals surface area contributed by atoms with E-state index in [4.69, 9.17) is 23.9 Å². The second-order valence-corrected chi connectivity index (χ2v) is 9.62. The predicted molar refractivity (Wildman–Crippen MR) is 123 cm³/mol. The van der Waals surface area contributed by atoms with Gasteiger partial charge in [-0.15, -0.1) is 21.5 Å². The number of ether oxygens (including phenoxy) is 2. The van der Waals surface area contributed by atoms with E-state index in [1.807, 2.05) is 24.3 Å².